The van der Waals surface area contributed by atoms with E-state index in [1.807, 2.05) is 5.01 Å². The van der Waals surface area contributed by atoms with Crippen LogP contribution in [-0.4, -0.2) is 17.1 Å². The summed E-state index contributed by atoms with van der Waals surface area (Å²) in [6.07, 6.45) is 1.34. The molecule has 0 radical (unpaired) electrons. The van der Waals surface area contributed by atoms with Gasteiger partial charge in [-0.15, -0.1) is 0 Å². The average molecular weight is 98.1 g/mol. The smallest absolute Gasteiger partial charge is 0.0522 e. The molecule has 2 heteroatoms. The van der Waals surface area contributed by atoms with E-state index in [2.05, 4.69) is 6.92 Å². The van der Waals surface area contributed by atoms with Crippen molar-refractivity contribution in [2.45, 2.75) is 18.9 Å². The lowest BCUT2D eigenvalue weighted by Gasteiger charge is -1.83. The van der Waals surface area contributed by atoms with Crippen molar-refractivity contribution < 1.29 is 0 Å². The normalized spacial score (nSPS) is 66.0. The quantitative estimate of drug-likeness (QED) is 0.340. The Labute approximate surface area is 43.3 Å². The number of rotatable bonds is 0. The predicted octanol–water partition coefficient (Wildman–Crippen LogP) is -0.0457. The van der Waals surface area contributed by atoms with Crippen molar-refractivity contribution in [3.8, 4) is 0 Å². The van der Waals surface area contributed by atoms with Crippen molar-refractivity contribution in [2.75, 3.05) is 6.54 Å². The van der Waals surface area contributed by atoms with Gasteiger partial charge in [-0.05, 0) is 12.3 Å². The second-order valence-electron chi connectivity index (χ2n) is 2.84. The van der Waals surface area contributed by atoms with Gasteiger partial charge in [0.2, 0.25) is 0 Å². The zero-order chi connectivity index (χ0) is 5.07. The van der Waals surface area contributed by atoms with E-state index in [0.29, 0.717) is 5.54 Å². The highest BCUT2D eigenvalue weighted by Gasteiger charge is 2.66. The zero-order valence-electron chi connectivity index (χ0n) is 4.52. The third kappa shape index (κ3) is 0.283. The first-order valence-electron chi connectivity index (χ1n) is 2.78. The SMILES string of the molecule is CC1CC12CN2N. The molecule has 1 aliphatic heterocycles. The Morgan fingerprint density at radius 3 is 2.29 bits per heavy atom. The predicted molar refractivity (Wildman–Crippen MR) is 27.4 cm³/mol. The lowest BCUT2D eigenvalue weighted by atomic mass is 10.4. The molecular formula is C5H10N2. The zero-order valence-corrected chi connectivity index (χ0v) is 4.52. The lowest BCUT2D eigenvalue weighted by Crippen LogP contribution is -2.10. The van der Waals surface area contributed by atoms with Gasteiger partial charge in [0, 0.05) is 6.54 Å². The highest BCUT2D eigenvalue weighted by atomic mass is 15.6. The minimum atomic E-state index is 0.528. The molecule has 1 aliphatic carbocycles. The van der Waals surface area contributed by atoms with E-state index in [4.69, 9.17) is 5.84 Å². The molecule has 40 valence electrons. The van der Waals surface area contributed by atoms with Crippen LogP contribution in [0.1, 0.15) is 13.3 Å². The van der Waals surface area contributed by atoms with Gasteiger partial charge in [0.25, 0.3) is 0 Å². The molecular weight excluding hydrogens is 88.1 g/mol. The molecule has 0 aromatic heterocycles. The third-order valence-corrected chi connectivity index (χ3v) is 2.33. The Kier molecular flexibility index (Phi) is 0.408. The van der Waals surface area contributed by atoms with Crippen LogP contribution < -0.4 is 5.84 Å². The highest BCUT2D eigenvalue weighted by molar-refractivity contribution is 5.20. The van der Waals surface area contributed by atoms with E-state index in [1.54, 1.807) is 0 Å². The maximum atomic E-state index is 5.49. The van der Waals surface area contributed by atoms with Gasteiger partial charge in [-0.3, -0.25) is 5.84 Å². The number of nitrogens with two attached hydrogens (primary N) is 1. The van der Waals surface area contributed by atoms with Gasteiger partial charge in [-0.2, -0.15) is 0 Å². The summed E-state index contributed by atoms with van der Waals surface area (Å²) in [4.78, 5) is 0. The van der Waals surface area contributed by atoms with Crippen molar-refractivity contribution in [1.82, 2.24) is 5.01 Å². The molecule has 2 rings (SSSR count). The van der Waals surface area contributed by atoms with Gasteiger partial charge in [0.05, 0.1) is 5.54 Å². The fourth-order valence-corrected chi connectivity index (χ4v) is 1.35. The van der Waals surface area contributed by atoms with Gasteiger partial charge in [-0.1, -0.05) is 6.92 Å². The first-order chi connectivity index (χ1) is 3.26. The summed E-state index contributed by atoms with van der Waals surface area (Å²) in [6.45, 7) is 3.40. The minimum absolute atomic E-state index is 0.528. The molecule has 3 unspecified atom stereocenters. The molecule has 0 aromatic carbocycles. The molecule has 0 bridgehead atoms. The molecule has 0 aromatic rings. The Morgan fingerprint density at radius 2 is 2.29 bits per heavy atom. The first-order valence-corrected chi connectivity index (χ1v) is 2.78. The van der Waals surface area contributed by atoms with Crippen LogP contribution in [0.5, 0.6) is 0 Å². The average Bonchev–Trinajstić information content (AvgIpc) is 2.28. The number of hydrazine groups is 1. The second kappa shape index (κ2) is 0.740. The van der Waals surface area contributed by atoms with Crippen molar-refractivity contribution >= 4 is 0 Å². The van der Waals surface area contributed by atoms with Crippen molar-refractivity contribution in [2.24, 2.45) is 11.8 Å². The Bertz CT molecular complexity index is 96.6. The van der Waals surface area contributed by atoms with Crippen LogP contribution in [0.15, 0.2) is 0 Å². The van der Waals surface area contributed by atoms with Crippen LogP contribution in [0.25, 0.3) is 0 Å². The van der Waals surface area contributed by atoms with Gasteiger partial charge in [-0.25, -0.2) is 5.01 Å². The molecule has 2 fully saturated rings. The van der Waals surface area contributed by atoms with E-state index in [9.17, 15) is 0 Å². The van der Waals surface area contributed by atoms with Crippen molar-refractivity contribution in [1.29, 1.82) is 0 Å². The van der Waals surface area contributed by atoms with Crippen molar-refractivity contribution in [3.63, 3.8) is 0 Å². The summed E-state index contributed by atoms with van der Waals surface area (Å²) in [7, 11) is 0. The van der Waals surface area contributed by atoms with E-state index in [1.165, 1.54) is 6.42 Å². The van der Waals surface area contributed by atoms with Crippen molar-refractivity contribution in [3.05, 3.63) is 0 Å². The maximum Gasteiger partial charge on any atom is 0.0522 e. The standard InChI is InChI=1S/C5H10N2/c1-4-2-5(4)3-7(5)6/h4H,2-3,6H2,1H3. The summed E-state index contributed by atoms with van der Waals surface area (Å²) in [5, 5.41) is 1.94. The number of hydrogen-bond acceptors (Lipinski definition) is 2. The van der Waals surface area contributed by atoms with E-state index < -0.39 is 0 Å². The van der Waals surface area contributed by atoms with Crippen LogP contribution in [0.3, 0.4) is 0 Å². The number of hydrogen-bond donors (Lipinski definition) is 1. The fourth-order valence-electron chi connectivity index (χ4n) is 1.35. The van der Waals surface area contributed by atoms with Crippen LogP contribution in [0, 0.1) is 5.92 Å². The Balaban J connectivity index is 2.11. The van der Waals surface area contributed by atoms with Crippen LogP contribution >= 0.6 is 0 Å². The van der Waals surface area contributed by atoms with E-state index in [-0.39, 0.29) is 0 Å². The largest absolute Gasteiger partial charge is 0.268 e. The van der Waals surface area contributed by atoms with Gasteiger partial charge in [0.15, 0.2) is 0 Å². The highest BCUT2D eigenvalue weighted by Crippen LogP contribution is 2.56. The molecule has 0 amide bonds. The molecule has 1 saturated carbocycles. The minimum Gasteiger partial charge on any atom is -0.268 e. The first kappa shape index (κ1) is 3.87. The molecule has 2 aliphatic rings. The monoisotopic (exact) mass is 98.1 g/mol. The summed E-state index contributed by atoms with van der Waals surface area (Å²) >= 11 is 0. The van der Waals surface area contributed by atoms with Gasteiger partial charge >= 0.3 is 0 Å². The van der Waals surface area contributed by atoms with E-state index >= 15 is 0 Å². The van der Waals surface area contributed by atoms with Gasteiger partial charge in [0.1, 0.15) is 0 Å². The summed E-state index contributed by atoms with van der Waals surface area (Å²) in [5.74, 6) is 6.37. The van der Waals surface area contributed by atoms with Crippen LogP contribution in [0.2, 0.25) is 0 Å². The lowest BCUT2D eigenvalue weighted by molar-refractivity contribution is 0.514. The molecule has 3 atom stereocenters. The van der Waals surface area contributed by atoms with Crippen LogP contribution in [-0.2, 0) is 0 Å². The fraction of sp³-hybridized carbons (Fsp3) is 1.00. The van der Waals surface area contributed by atoms with E-state index in [0.717, 1.165) is 12.5 Å². The molecule has 1 spiro atoms. The molecule has 1 saturated heterocycles. The van der Waals surface area contributed by atoms with Crippen LogP contribution in [0.4, 0.5) is 0 Å². The summed E-state index contributed by atoms with van der Waals surface area (Å²) < 4.78 is 0. The molecule has 2 nitrogen and oxygen atoms in total. The molecule has 2 N–H and O–H groups in total. The molecule has 1 heterocycles. The topological polar surface area (TPSA) is 29.0 Å². The van der Waals surface area contributed by atoms with Gasteiger partial charge < -0.3 is 0 Å². The Hall–Kier alpha value is -0.0800. The number of nitrogens with zero attached hydrogens (tertiary/aromatic N) is 1. The maximum absolute atomic E-state index is 5.49. The second-order valence-corrected chi connectivity index (χ2v) is 2.84. The third-order valence-electron chi connectivity index (χ3n) is 2.33. The molecule has 7 heavy (non-hydrogen) atoms. The summed E-state index contributed by atoms with van der Waals surface area (Å²) in [5.41, 5.74) is 0.528. The summed E-state index contributed by atoms with van der Waals surface area (Å²) in [6, 6.07) is 0. The Morgan fingerprint density at radius 1 is 1.86 bits per heavy atom.